The van der Waals surface area contributed by atoms with E-state index in [1.807, 2.05) is 24.3 Å². The second-order valence-corrected chi connectivity index (χ2v) is 11.1. The molecular weight excluding hydrogens is 685 g/mol. The molecule has 1 aromatic heterocycles. The molecule has 0 aliphatic heterocycles. The molecule has 0 saturated heterocycles. The zero-order valence-electron chi connectivity index (χ0n) is 24.2. The number of hydrogen-bond acceptors (Lipinski definition) is 7. The summed E-state index contributed by atoms with van der Waals surface area (Å²) < 4.78 is 22.9. The van der Waals surface area contributed by atoms with E-state index in [0.717, 1.165) is 9.86 Å². The number of hydrazone groups is 1. The van der Waals surface area contributed by atoms with Crippen LogP contribution in [0.2, 0.25) is 10.0 Å². The van der Waals surface area contributed by atoms with Gasteiger partial charge in [-0.15, -0.1) is 0 Å². The van der Waals surface area contributed by atoms with Crippen molar-refractivity contribution in [2.45, 2.75) is 6.92 Å². The Hall–Kier alpha value is -4.51. The Kier molecular flexibility index (Phi) is 9.97. The van der Waals surface area contributed by atoms with Gasteiger partial charge in [-0.3, -0.25) is 4.79 Å². The molecule has 1 amide bonds. The lowest BCUT2D eigenvalue weighted by Gasteiger charge is -2.13. The van der Waals surface area contributed by atoms with E-state index in [1.165, 1.54) is 19.4 Å². The number of nitrogens with zero attached hydrogens (tertiary/aromatic N) is 1. The predicted molar refractivity (Wildman–Crippen MR) is 179 cm³/mol. The highest BCUT2D eigenvalue weighted by Gasteiger charge is 2.24. The third kappa shape index (κ3) is 6.78. The van der Waals surface area contributed by atoms with Gasteiger partial charge in [0, 0.05) is 31.0 Å². The van der Waals surface area contributed by atoms with Crippen LogP contribution in [0, 0.1) is 0 Å². The molecule has 5 rings (SSSR count). The number of carbonyl (C=O) groups excluding carboxylic acids is 2. The Labute approximate surface area is 277 Å². The quantitative estimate of drug-likeness (QED) is 0.0653. The molecule has 0 aliphatic carbocycles. The highest BCUT2D eigenvalue weighted by Crippen LogP contribution is 2.43. The van der Waals surface area contributed by atoms with Gasteiger partial charge < -0.3 is 23.9 Å². The van der Waals surface area contributed by atoms with Crippen LogP contribution in [-0.4, -0.2) is 43.9 Å². The van der Waals surface area contributed by atoms with Crippen LogP contribution in [0.15, 0.2) is 82.4 Å². The molecule has 4 aromatic carbocycles. The second kappa shape index (κ2) is 14.1. The highest BCUT2D eigenvalue weighted by atomic mass is 79.9. The highest BCUT2D eigenvalue weighted by molar-refractivity contribution is 9.10. The summed E-state index contributed by atoms with van der Waals surface area (Å²) in [5.41, 5.74) is 5.44. The van der Waals surface area contributed by atoms with Gasteiger partial charge in [0.05, 0.1) is 32.6 Å². The summed E-state index contributed by atoms with van der Waals surface area (Å²) in [4.78, 5) is 29.6. The summed E-state index contributed by atoms with van der Waals surface area (Å²) in [5.74, 6) is 0.197. The SMILES string of the molecule is CCOc1cc(C=NNC(=O)c2[nH]c3c(OC)ccc(Br)c3c2-c2ccccc2Cl)ccc1OC(=O)c1cc(Cl)ccc1OC. The van der Waals surface area contributed by atoms with E-state index in [2.05, 4.69) is 31.4 Å². The fourth-order valence-electron chi connectivity index (χ4n) is 4.69. The number of benzene rings is 4. The predicted octanol–water partition coefficient (Wildman–Crippen LogP) is 8.30. The van der Waals surface area contributed by atoms with Gasteiger partial charge in [-0.1, -0.05) is 57.3 Å². The zero-order chi connectivity index (χ0) is 32.1. The maximum Gasteiger partial charge on any atom is 0.347 e. The van der Waals surface area contributed by atoms with Crippen LogP contribution in [0.1, 0.15) is 33.3 Å². The first-order valence-corrected chi connectivity index (χ1v) is 15.1. The first-order valence-electron chi connectivity index (χ1n) is 13.5. The third-order valence-corrected chi connectivity index (χ3v) is 7.91. The Balaban J connectivity index is 1.42. The van der Waals surface area contributed by atoms with Crippen LogP contribution in [0.25, 0.3) is 22.0 Å². The van der Waals surface area contributed by atoms with Crippen molar-refractivity contribution in [1.82, 2.24) is 10.4 Å². The molecule has 230 valence electrons. The lowest BCUT2D eigenvalue weighted by molar-refractivity contribution is 0.0724. The van der Waals surface area contributed by atoms with Gasteiger partial charge in [-0.25, -0.2) is 10.2 Å². The van der Waals surface area contributed by atoms with Crippen molar-refractivity contribution in [1.29, 1.82) is 0 Å². The van der Waals surface area contributed by atoms with E-state index in [0.29, 0.717) is 56.1 Å². The summed E-state index contributed by atoms with van der Waals surface area (Å²) in [6.45, 7) is 2.11. The van der Waals surface area contributed by atoms with E-state index in [9.17, 15) is 9.59 Å². The maximum atomic E-state index is 13.5. The van der Waals surface area contributed by atoms with E-state index in [-0.39, 0.29) is 17.0 Å². The van der Waals surface area contributed by atoms with Crippen LogP contribution in [0.4, 0.5) is 0 Å². The number of esters is 1. The number of aromatic amines is 1. The van der Waals surface area contributed by atoms with Crippen LogP contribution in [0.5, 0.6) is 23.0 Å². The molecular formula is C33H26BrCl2N3O6. The normalized spacial score (nSPS) is 11.1. The maximum absolute atomic E-state index is 13.5. The number of H-pyrrole nitrogens is 1. The summed E-state index contributed by atoms with van der Waals surface area (Å²) >= 11 is 16.2. The van der Waals surface area contributed by atoms with Gasteiger partial charge in [-0.2, -0.15) is 5.10 Å². The van der Waals surface area contributed by atoms with E-state index in [1.54, 1.807) is 56.5 Å². The molecule has 0 saturated carbocycles. The minimum absolute atomic E-state index is 0.165. The molecule has 0 unspecified atom stereocenters. The minimum Gasteiger partial charge on any atom is -0.496 e. The number of rotatable bonds is 10. The van der Waals surface area contributed by atoms with Crippen molar-refractivity contribution in [3.8, 4) is 34.1 Å². The molecule has 9 nitrogen and oxygen atoms in total. The van der Waals surface area contributed by atoms with Gasteiger partial charge >= 0.3 is 5.97 Å². The number of methoxy groups -OCH3 is 2. The smallest absolute Gasteiger partial charge is 0.347 e. The molecule has 0 bridgehead atoms. The van der Waals surface area contributed by atoms with Crippen molar-refractivity contribution < 1.29 is 28.5 Å². The van der Waals surface area contributed by atoms with Crippen LogP contribution in [-0.2, 0) is 0 Å². The zero-order valence-corrected chi connectivity index (χ0v) is 27.3. The van der Waals surface area contributed by atoms with E-state index in [4.69, 9.17) is 42.1 Å². The molecule has 1 heterocycles. The summed E-state index contributed by atoms with van der Waals surface area (Å²) in [6.07, 6.45) is 1.44. The standard InChI is InChI=1S/C33H26BrCl2N3O6/c1-4-44-27-15-18(9-12-25(27)45-33(41)21-16-19(35)10-13-24(21)42-2)17-37-39-32(40)31-28(20-7-5-6-8-23(20)36)29-22(34)11-14-26(43-3)30(29)38-31/h5-17,38H,4H2,1-3H3,(H,39,40). The largest absolute Gasteiger partial charge is 0.496 e. The van der Waals surface area contributed by atoms with Crippen molar-refractivity contribution in [3.63, 3.8) is 0 Å². The van der Waals surface area contributed by atoms with Gasteiger partial charge in [-0.05, 0) is 67.1 Å². The molecule has 2 N–H and O–H groups in total. The summed E-state index contributed by atoms with van der Waals surface area (Å²) in [6, 6.07) is 20.4. The molecule has 0 radical (unpaired) electrons. The summed E-state index contributed by atoms with van der Waals surface area (Å²) in [7, 11) is 3.00. The number of hydrogen-bond donors (Lipinski definition) is 2. The molecule has 12 heteroatoms. The minimum atomic E-state index is -0.667. The average molecular weight is 711 g/mol. The topological polar surface area (TPSA) is 111 Å². The molecule has 0 fully saturated rings. The van der Waals surface area contributed by atoms with Gasteiger partial charge in [0.25, 0.3) is 5.91 Å². The number of carbonyl (C=O) groups is 2. The van der Waals surface area contributed by atoms with Crippen molar-refractivity contribution in [3.05, 3.63) is 104 Å². The number of aromatic nitrogens is 1. The Bertz CT molecular complexity index is 1940. The van der Waals surface area contributed by atoms with Crippen LogP contribution >= 0.6 is 39.1 Å². The molecule has 0 atom stereocenters. The Morgan fingerprint density at radius 3 is 2.40 bits per heavy atom. The molecule has 5 aromatic rings. The van der Waals surface area contributed by atoms with Crippen LogP contribution in [0.3, 0.4) is 0 Å². The van der Waals surface area contributed by atoms with Crippen molar-refractivity contribution in [2.75, 3.05) is 20.8 Å². The fraction of sp³-hybridized carbons (Fsp3) is 0.121. The van der Waals surface area contributed by atoms with Crippen LogP contribution < -0.4 is 24.4 Å². The van der Waals surface area contributed by atoms with E-state index < -0.39 is 11.9 Å². The first kappa shape index (κ1) is 31.9. The number of halogens is 3. The third-order valence-electron chi connectivity index (χ3n) is 6.69. The number of amides is 1. The number of ether oxygens (including phenoxy) is 4. The summed E-state index contributed by atoms with van der Waals surface area (Å²) in [5, 5.41) is 5.74. The van der Waals surface area contributed by atoms with Gasteiger partial charge in [0.15, 0.2) is 11.5 Å². The number of nitrogens with one attached hydrogen (secondary N) is 2. The monoisotopic (exact) mass is 709 g/mol. The lowest BCUT2D eigenvalue weighted by atomic mass is 10.0. The van der Waals surface area contributed by atoms with Crippen molar-refractivity contribution in [2.24, 2.45) is 5.10 Å². The van der Waals surface area contributed by atoms with Gasteiger partial charge in [0.2, 0.25) is 0 Å². The Morgan fingerprint density at radius 2 is 1.67 bits per heavy atom. The Morgan fingerprint density at radius 1 is 0.933 bits per heavy atom. The first-order chi connectivity index (χ1) is 21.7. The number of fused-ring (bicyclic) bond motifs is 1. The lowest BCUT2D eigenvalue weighted by Crippen LogP contribution is -2.19. The fourth-order valence-corrected chi connectivity index (χ4v) is 5.62. The molecule has 0 aliphatic rings. The van der Waals surface area contributed by atoms with E-state index >= 15 is 0 Å². The average Bonchev–Trinajstić information content (AvgIpc) is 3.44. The molecule has 0 spiro atoms. The van der Waals surface area contributed by atoms with Crippen molar-refractivity contribution >= 4 is 68.1 Å². The van der Waals surface area contributed by atoms with Gasteiger partial charge in [0.1, 0.15) is 22.8 Å². The second-order valence-electron chi connectivity index (χ2n) is 9.43. The molecule has 45 heavy (non-hydrogen) atoms.